The van der Waals surface area contributed by atoms with Gasteiger partial charge in [0.25, 0.3) is 0 Å². The number of carbonyl (C=O) groups is 1. The number of aryl methyl sites for hydroxylation is 1. The maximum absolute atomic E-state index is 13.1. The molecule has 6 heteroatoms. The molecule has 0 aliphatic carbocycles. The summed E-state index contributed by atoms with van der Waals surface area (Å²) < 4.78 is 18.8. The van der Waals surface area contributed by atoms with Gasteiger partial charge in [-0.3, -0.25) is 0 Å². The third-order valence-electron chi connectivity index (χ3n) is 2.56. The molecular formula is C14H13BrFNO2S. The van der Waals surface area contributed by atoms with Crippen LogP contribution >= 0.6 is 27.3 Å². The predicted octanol–water partition coefficient (Wildman–Crippen LogP) is 4.35. The van der Waals surface area contributed by atoms with Crippen molar-refractivity contribution in [1.82, 2.24) is 4.98 Å². The van der Waals surface area contributed by atoms with E-state index in [4.69, 9.17) is 4.74 Å². The van der Waals surface area contributed by atoms with Crippen molar-refractivity contribution >= 4 is 33.2 Å². The summed E-state index contributed by atoms with van der Waals surface area (Å²) in [6, 6.07) is 3.91. The highest BCUT2D eigenvalue weighted by Gasteiger charge is 2.13. The Morgan fingerprint density at radius 1 is 1.50 bits per heavy atom. The maximum Gasteiger partial charge on any atom is 0.339 e. The normalized spacial score (nSPS) is 10.6. The van der Waals surface area contributed by atoms with Crippen molar-refractivity contribution in [2.24, 2.45) is 0 Å². The van der Waals surface area contributed by atoms with E-state index in [-0.39, 0.29) is 12.2 Å². The molecule has 1 aromatic heterocycles. The Hall–Kier alpha value is -1.27. The van der Waals surface area contributed by atoms with Crippen molar-refractivity contribution in [2.75, 3.05) is 0 Å². The molecule has 0 amide bonds. The number of carbonyl (C=O) groups excluding carboxylic acids is 1. The molecule has 0 N–H and O–H groups in total. The fourth-order valence-corrected chi connectivity index (χ4v) is 2.91. The SMILES string of the molecule is CCCc1nc(COC(=O)c2cc(F)ccc2Br)cs1. The molecule has 0 spiro atoms. The number of thiazole rings is 1. The fourth-order valence-electron chi connectivity index (χ4n) is 1.62. The highest BCUT2D eigenvalue weighted by Crippen LogP contribution is 2.20. The standard InChI is InChI=1S/C14H13BrFNO2S/c1-2-3-13-17-10(8-20-13)7-19-14(18)11-6-9(16)4-5-12(11)15/h4-6,8H,2-3,7H2,1H3. The summed E-state index contributed by atoms with van der Waals surface area (Å²) in [6.45, 7) is 2.19. The summed E-state index contributed by atoms with van der Waals surface area (Å²) in [5.74, 6) is -1.04. The van der Waals surface area contributed by atoms with Crippen LogP contribution < -0.4 is 0 Å². The number of rotatable bonds is 5. The molecule has 0 saturated heterocycles. The number of benzene rings is 1. The Bertz CT molecular complexity index is 615. The zero-order valence-electron chi connectivity index (χ0n) is 10.9. The van der Waals surface area contributed by atoms with E-state index in [0.29, 0.717) is 4.47 Å². The zero-order valence-corrected chi connectivity index (χ0v) is 13.3. The van der Waals surface area contributed by atoms with E-state index in [1.165, 1.54) is 12.1 Å². The quantitative estimate of drug-likeness (QED) is 0.746. The van der Waals surface area contributed by atoms with Crippen LogP contribution in [0.3, 0.4) is 0 Å². The van der Waals surface area contributed by atoms with Crippen LogP contribution in [0, 0.1) is 5.82 Å². The van der Waals surface area contributed by atoms with Crippen LogP contribution in [0.4, 0.5) is 4.39 Å². The van der Waals surface area contributed by atoms with E-state index in [1.54, 1.807) is 11.3 Å². The topological polar surface area (TPSA) is 39.2 Å². The van der Waals surface area contributed by atoms with E-state index < -0.39 is 11.8 Å². The molecule has 2 rings (SSSR count). The summed E-state index contributed by atoms with van der Waals surface area (Å²) in [7, 11) is 0. The van der Waals surface area contributed by atoms with Crippen LogP contribution in [-0.4, -0.2) is 11.0 Å². The van der Waals surface area contributed by atoms with Crippen molar-refractivity contribution in [3.05, 3.63) is 50.1 Å². The molecule has 0 aliphatic heterocycles. The highest BCUT2D eigenvalue weighted by molar-refractivity contribution is 9.10. The Morgan fingerprint density at radius 3 is 3.05 bits per heavy atom. The first kappa shape index (κ1) is 15.1. The second-order valence-corrected chi connectivity index (χ2v) is 5.98. The van der Waals surface area contributed by atoms with Gasteiger partial charge in [0, 0.05) is 9.85 Å². The molecule has 20 heavy (non-hydrogen) atoms. The van der Waals surface area contributed by atoms with Crippen LogP contribution in [0.1, 0.15) is 34.4 Å². The van der Waals surface area contributed by atoms with Crippen molar-refractivity contribution < 1.29 is 13.9 Å². The number of nitrogens with zero attached hydrogens (tertiary/aromatic N) is 1. The molecule has 0 aliphatic rings. The summed E-state index contributed by atoms with van der Waals surface area (Å²) in [5, 5.41) is 2.91. The molecule has 0 radical (unpaired) electrons. The number of hydrogen-bond donors (Lipinski definition) is 0. The Morgan fingerprint density at radius 2 is 2.30 bits per heavy atom. The van der Waals surface area contributed by atoms with Crippen LogP contribution in [0.15, 0.2) is 28.1 Å². The first-order valence-corrected chi connectivity index (χ1v) is 7.83. The van der Waals surface area contributed by atoms with Crippen LogP contribution in [0.5, 0.6) is 0 Å². The van der Waals surface area contributed by atoms with Crippen molar-refractivity contribution in [3.8, 4) is 0 Å². The van der Waals surface area contributed by atoms with E-state index >= 15 is 0 Å². The van der Waals surface area contributed by atoms with Gasteiger partial charge < -0.3 is 4.74 Å². The third-order valence-corrected chi connectivity index (χ3v) is 4.21. The van der Waals surface area contributed by atoms with Gasteiger partial charge in [-0.25, -0.2) is 14.2 Å². The summed E-state index contributed by atoms with van der Waals surface area (Å²) >= 11 is 4.76. The van der Waals surface area contributed by atoms with Gasteiger partial charge in [-0.1, -0.05) is 6.92 Å². The van der Waals surface area contributed by atoms with Crippen LogP contribution in [0.25, 0.3) is 0 Å². The summed E-state index contributed by atoms with van der Waals surface area (Å²) in [4.78, 5) is 16.2. The van der Waals surface area contributed by atoms with Gasteiger partial charge in [-0.2, -0.15) is 0 Å². The summed E-state index contributed by atoms with van der Waals surface area (Å²) in [6.07, 6.45) is 1.96. The minimum atomic E-state index is -0.568. The van der Waals surface area contributed by atoms with Crippen LogP contribution in [-0.2, 0) is 17.8 Å². The molecule has 0 atom stereocenters. The fraction of sp³-hybridized carbons (Fsp3) is 0.286. The lowest BCUT2D eigenvalue weighted by Gasteiger charge is -2.05. The lowest BCUT2D eigenvalue weighted by molar-refractivity contribution is 0.0466. The van der Waals surface area contributed by atoms with Gasteiger partial charge in [-0.15, -0.1) is 11.3 Å². The van der Waals surface area contributed by atoms with E-state index in [1.807, 2.05) is 5.38 Å². The second-order valence-electron chi connectivity index (χ2n) is 4.18. The molecule has 0 saturated carbocycles. The monoisotopic (exact) mass is 357 g/mol. The lowest BCUT2D eigenvalue weighted by atomic mass is 10.2. The molecule has 106 valence electrons. The number of esters is 1. The molecule has 0 fully saturated rings. The molecule has 3 nitrogen and oxygen atoms in total. The predicted molar refractivity (Wildman–Crippen MR) is 79.3 cm³/mol. The van der Waals surface area contributed by atoms with Gasteiger partial charge in [0.15, 0.2) is 0 Å². The first-order valence-electron chi connectivity index (χ1n) is 6.15. The Kier molecular flexibility index (Phi) is 5.25. The number of hydrogen-bond acceptors (Lipinski definition) is 4. The average Bonchev–Trinajstić information content (AvgIpc) is 2.87. The van der Waals surface area contributed by atoms with Gasteiger partial charge >= 0.3 is 5.97 Å². The Labute approximate surface area is 128 Å². The van der Waals surface area contributed by atoms with E-state index in [0.717, 1.165) is 29.6 Å². The minimum Gasteiger partial charge on any atom is -0.456 e. The van der Waals surface area contributed by atoms with Gasteiger partial charge in [-0.05, 0) is 47.0 Å². The number of halogens is 2. The molecule has 0 unspecified atom stereocenters. The van der Waals surface area contributed by atoms with Gasteiger partial charge in [0.2, 0.25) is 0 Å². The first-order chi connectivity index (χ1) is 9.60. The summed E-state index contributed by atoms with van der Waals surface area (Å²) in [5.41, 5.74) is 0.897. The van der Waals surface area contributed by atoms with Gasteiger partial charge in [0.05, 0.1) is 16.3 Å². The number of aromatic nitrogens is 1. The lowest BCUT2D eigenvalue weighted by Crippen LogP contribution is -2.07. The van der Waals surface area contributed by atoms with Crippen molar-refractivity contribution in [3.63, 3.8) is 0 Å². The molecular weight excluding hydrogens is 345 g/mol. The minimum absolute atomic E-state index is 0.0992. The van der Waals surface area contributed by atoms with Gasteiger partial charge in [0.1, 0.15) is 12.4 Å². The highest BCUT2D eigenvalue weighted by atomic mass is 79.9. The third kappa shape index (κ3) is 3.86. The largest absolute Gasteiger partial charge is 0.456 e. The van der Waals surface area contributed by atoms with E-state index in [9.17, 15) is 9.18 Å². The molecule has 0 bridgehead atoms. The van der Waals surface area contributed by atoms with Crippen molar-refractivity contribution in [2.45, 2.75) is 26.4 Å². The maximum atomic E-state index is 13.1. The molecule has 1 heterocycles. The van der Waals surface area contributed by atoms with E-state index in [2.05, 4.69) is 27.8 Å². The molecule has 2 aromatic rings. The molecule has 1 aromatic carbocycles. The zero-order chi connectivity index (χ0) is 14.5. The Balaban J connectivity index is 1.99. The second kappa shape index (κ2) is 6.95. The van der Waals surface area contributed by atoms with Crippen LogP contribution in [0.2, 0.25) is 0 Å². The number of ether oxygens (including phenoxy) is 1. The smallest absolute Gasteiger partial charge is 0.339 e. The van der Waals surface area contributed by atoms with Crippen molar-refractivity contribution in [1.29, 1.82) is 0 Å². The average molecular weight is 358 g/mol.